The molecule has 2 rings (SSSR count). The average molecular weight is 261 g/mol. The summed E-state index contributed by atoms with van der Waals surface area (Å²) in [6.45, 7) is 5.73. The molecule has 1 amide bonds. The third kappa shape index (κ3) is 2.95. The maximum Gasteiger partial charge on any atom is 0.326 e. The normalized spacial score (nSPS) is 15.9. The van der Waals surface area contributed by atoms with Gasteiger partial charge in [0.15, 0.2) is 0 Å². The molecule has 1 atom stereocenters. The number of benzene rings is 1. The highest BCUT2D eigenvalue weighted by Crippen LogP contribution is 2.33. The molecule has 1 saturated carbocycles. The van der Waals surface area contributed by atoms with Gasteiger partial charge in [0.25, 0.3) is 5.91 Å². The summed E-state index contributed by atoms with van der Waals surface area (Å²) < 4.78 is 0. The minimum atomic E-state index is -0.946. The molecular formula is C15H19NO3. The van der Waals surface area contributed by atoms with Gasteiger partial charge in [0.05, 0.1) is 0 Å². The number of amides is 1. The molecule has 102 valence electrons. The zero-order chi connectivity index (χ0) is 14.2. The highest BCUT2D eigenvalue weighted by Gasteiger charge is 2.37. The third-order valence-corrected chi connectivity index (χ3v) is 3.55. The van der Waals surface area contributed by atoms with Crippen molar-refractivity contribution in [3.05, 3.63) is 34.4 Å². The summed E-state index contributed by atoms with van der Waals surface area (Å²) in [5.41, 5.74) is 3.46. The maximum atomic E-state index is 12.3. The molecule has 4 nitrogen and oxygen atoms in total. The molecule has 0 aromatic heterocycles. The fraction of sp³-hybridized carbons (Fsp3) is 0.467. The number of rotatable bonds is 4. The van der Waals surface area contributed by atoms with E-state index in [0.717, 1.165) is 29.5 Å². The molecule has 0 aliphatic heterocycles. The zero-order valence-corrected chi connectivity index (χ0v) is 11.5. The predicted molar refractivity (Wildman–Crippen MR) is 72.3 cm³/mol. The lowest BCUT2D eigenvalue weighted by Gasteiger charge is -2.16. The van der Waals surface area contributed by atoms with Crippen LogP contribution in [0.1, 0.15) is 39.9 Å². The average Bonchev–Trinajstić information content (AvgIpc) is 3.07. The number of hydrogen-bond donors (Lipinski definition) is 2. The lowest BCUT2D eigenvalue weighted by molar-refractivity contribution is -0.139. The molecule has 1 aromatic carbocycles. The quantitative estimate of drug-likeness (QED) is 0.873. The van der Waals surface area contributed by atoms with Crippen LogP contribution in [-0.4, -0.2) is 23.0 Å². The van der Waals surface area contributed by atoms with Crippen LogP contribution in [0.4, 0.5) is 0 Å². The Kier molecular flexibility index (Phi) is 3.60. The fourth-order valence-electron chi connectivity index (χ4n) is 2.56. The molecule has 1 fully saturated rings. The van der Waals surface area contributed by atoms with Crippen LogP contribution in [-0.2, 0) is 4.79 Å². The predicted octanol–water partition coefficient (Wildman–Crippen LogP) is 2.20. The van der Waals surface area contributed by atoms with Gasteiger partial charge >= 0.3 is 5.97 Å². The molecule has 0 saturated heterocycles. The summed E-state index contributed by atoms with van der Waals surface area (Å²) in [6, 6.07) is 3.12. The van der Waals surface area contributed by atoms with Crippen LogP contribution < -0.4 is 5.32 Å². The van der Waals surface area contributed by atoms with Crippen molar-refractivity contribution in [3.63, 3.8) is 0 Å². The number of carboxylic acids is 1. The van der Waals surface area contributed by atoms with Gasteiger partial charge in [-0.25, -0.2) is 4.79 Å². The van der Waals surface area contributed by atoms with Gasteiger partial charge in [-0.3, -0.25) is 4.79 Å². The first-order chi connectivity index (χ1) is 8.90. The van der Waals surface area contributed by atoms with Gasteiger partial charge in [-0.15, -0.1) is 0 Å². The number of carboxylic acid groups (broad SMARTS) is 1. The second kappa shape index (κ2) is 5.03. The van der Waals surface area contributed by atoms with Gasteiger partial charge in [0.1, 0.15) is 6.04 Å². The second-order valence-electron chi connectivity index (χ2n) is 5.40. The molecule has 0 heterocycles. The van der Waals surface area contributed by atoms with Crippen LogP contribution in [0, 0.1) is 26.7 Å². The number of nitrogens with one attached hydrogen (secondary N) is 1. The first kappa shape index (κ1) is 13.6. The van der Waals surface area contributed by atoms with Crippen LogP contribution in [0.3, 0.4) is 0 Å². The SMILES string of the molecule is Cc1cc(C)c(C(=O)NC(C(=O)O)C2CC2)c(C)c1. The molecular weight excluding hydrogens is 242 g/mol. The Balaban J connectivity index is 2.22. The lowest BCUT2D eigenvalue weighted by Crippen LogP contribution is -2.42. The Bertz CT molecular complexity index is 509. The van der Waals surface area contributed by atoms with E-state index < -0.39 is 12.0 Å². The number of hydrogen-bond acceptors (Lipinski definition) is 2. The standard InChI is InChI=1S/C15H19NO3/c1-8-6-9(2)12(10(3)7-8)14(17)16-13(15(18)19)11-4-5-11/h6-7,11,13H,4-5H2,1-3H3,(H,16,17)(H,18,19). The first-order valence-electron chi connectivity index (χ1n) is 6.51. The van der Waals surface area contributed by atoms with Crippen LogP contribution in [0.5, 0.6) is 0 Å². The number of aryl methyl sites for hydroxylation is 3. The van der Waals surface area contributed by atoms with Crippen molar-refractivity contribution < 1.29 is 14.7 Å². The van der Waals surface area contributed by atoms with E-state index in [9.17, 15) is 9.59 Å². The summed E-state index contributed by atoms with van der Waals surface area (Å²) in [7, 11) is 0. The van der Waals surface area contributed by atoms with E-state index in [1.54, 1.807) is 0 Å². The highest BCUT2D eigenvalue weighted by atomic mass is 16.4. The maximum absolute atomic E-state index is 12.3. The van der Waals surface area contributed by atoms with Crippen molar-refractivity contribution in [1.82, 2.24) is 5.32 Å². The molecule has 0 bridgehead atoms. The minimum absolute atomic E-state index is 0.0903. The van der Waals surface area contributed by atoms with Gasteiger partial charge in [0, 0.05) is 5.56 Å². The molecule has 19 heavy (non-hydrogen) atoms. The summed E-state index contributed by atoms with van der Waals surface area (Å²) in [5.74, 6) is -1.14. The van der Waals surface area contributed by atoms with Gasteiger partial charge in [-0.1, -0.05) is 17.7 Å². The summed E-state index contributed by atoms with van der Waals surface area (Å²) in [4.78, 5) is 23.4. The largest absolute Gasteiger partial charge is 0.480 e. The molecule has 0 radical (unpaired) electrons. The van der Waals surface area contributed by atoms with E-state index in [1.807, 2.05) is 32.9 Å². The van der Waals surface area contributed by atoms with Gasteiger partial charge < -0.3 is 10.4 Å². The second-order valence-corrected chi connectivity index (χ2v) is 5.40. The van der Waals surface area contributed by atoms with Gasteiger partial charge in [-0.05, 0) is 50.7 Å². The molecule has 1 unspecified atom stereocenters. The molecule has 1 aliphatic rings. The van der Waals surface area contributed by atoms with Gasteiger partial charge in [-0.2, -0.15) is 0 Å². The first-order valence-corrected chi connectivity index (χ1v) is 6.51. The Morgan fingerprint density at radius 1 is 1.21 bits per heavy atom. The zero-order valence-electron chi connectivity index (χ0n) is 11.5. The lowest BCUT2D eigenvalue weighted by atomic mass is 9.98. The van der Waals surface area contributed by atoms with E-state index in [-0.39, 0.29) is 11.8 Å². The van der Waals surface area contributed by atoms with Crippen LogP contribution in [0.2, 0.25) is 0 Å². The van der Waals surface area contributed by atoms with E-state index in [4.69, 9.17) is 5.11 Å². The fourth-order valence-corrected chi connectivity index (χ4v) is 2.56. The van der Waals surface area contributed by atoms with Crippen molar-refractivity contribution in [2.24, 2.45) is 5.92 Å². The topological polar surface area (TPSA) is 66.4 Å². The Hall–Kier alpha value is -1.84. The number of carbonyl (C=O) groups is 2. The van der Waals surface area contributed by atoms with E-state index in [2.05, 4.69) is 5.32 Å². The van der Waals surface area contributed by atoms with Crippen LogP contribution >= 0.6 is 0 Å². The van der Waals surface area contributed by atoms with Gasteiger partial charge in [0.2, 0.25) is 0 Å². The van der Waals surface area contributed by atoms with Crippen LogP contribution in [0.25, 0.3) is 0 Å². The van der Waals surface area contributed by atoms with E-state index in [0.29, 0.717) is 5.56 Å². The van der Waals surface area contributed by atoms with E-state index in [1.165, 1.54) is 0 Å². The summed E-state index contributed by atoms with van der Waals surface area (Å²) in [5, 5.41) is 11.8. The molecule has 0 spiro atoms. The smallest absolute Gasteiger partial charge is 0.326 e. The molecule has 1 aliphatic carbocycles. The molecule has 2 N–H and O–H groups in total. The monoisotopic (exact) mass is 261 g/mol. The van der Waals surface area contributed by atoms with Crippen molar-refractivity contribution >= 4 is 11.9 Å². The Morgan fingerprint density at radius 2 is 1.74 bits per heavy atom. The number of carbonyl (C=O) groups excluding carboxylic acids is 1. The van der Waals surface area contributed by atoms with Crippen molar-refractivity contribution in [1.29, 1.82) is 0 Å². The summed E-state index contributed by atoms with van der Waals surface area (Å²) in [6.07, 6.45) is 1.76. The van der Waals surface area contributed by atoms with Crippen molar-refractivity contribution in [2.45, 2.75) is 39.7 Å². The number of aliphatic carboxylic acids is 1. The van der Waals surface area contributed by atoms with Crippen molar-refractivity contribution in [3.8, 4) is 0 Å². The van der Waals surface area contributed by atoms with Crippen LogP contribution in [0.15, 0.2) is 12.1 Å². The highest BCUT2D eigenvalue weighted by molar-refractivity contribution is 5.99. The third-order valence-electron chi connectivity index (χ3n) is 3.55. The minimum Gasteiger partial charge on any atom is -0.480 e. The Morgan fingerprint density at radius 3 is 2.16 bits per heavy atom. The Labute approximate surface area is 112 Å². The summed E-state index contributed by atoms with van der Waals surface area (Å²) >= 11 is 0. The van der Waals surface area contributed by atoms with E-state index >= 15 is 0 Å². The molecule has 1 aromatic rings. The van der Waals surface area contributed by atoms with Crippen molar-refractivity contribution in [2.75, 3.05) is 0 Å². The molecule has 4 heteroatoms.